The number of imidazole rings is 1. The molecule has 1 saturated heterocycles. The molecule has 0 saturated carbocycles. The Morgan fingerprint density at radius 3 is 2.97 bits per heavy atom. The van der Waals surface area contributed by atoms with Crippen LogP contribution >= 0.6 is 0 Å². The third kappa shape index (κ3) is 5.50. The van der Waals surface area contributed by atoms with E-state index < -0.39 is 23.6 Å². The average molecular weight is 457 g/mol. The molecule has 0 aromatic carbocycles. The summed E-state index contributed by atoms with van der Waals surface area (Å²) in [4.78, 5) is 30.2. The number of pyridine rings is 2. The summed E-state index contributed by atoms with van der Waals surface area (Å²) in [5.41, 5.74) is 1.73. The molecule has 0 unspecified atom stereocenters. The number of ether oxygens (including phenoxy) is 2. The maximum absolute atomic E-state index is 14.2. The second kappa shape index (κ2) is 9.21. The molecule has 0 aliphatic carbocycles. The Hall–Kier alpha value is -3.43. The Labute approximate surface area is 191 Å². The lowest BCUT2D eigenvalue weighted by Gasteiger charge is -2.27. The summed E-state index contributed by atoms with van der Waals surface area (Å²) in [5, 5.41) is 2.74. The van der Waals surface area contributed by atoms with Gasteiger partial charge in [-0.1, -0.05) is 0 Å². The average Bonchev–Trinajstić information content (AvgIpc) is 3.40. The molecule has 2 atom stereocenters. The van der Waals surface area contributed by atoms with E-state index in [1.165, 1.54) is 6.07 Å². The predicted octanol–water partition coefficient (Wildman–Crippen LogP) is 4.13. The van der Waals surface area contributed by atoms with Gasteiger partial charge in [-0.25, -0.2) is 24.1 Å². The van der Waals surface area contributed by atoms with Crippen molar-refractivity contribution in [3.63, 3.8) is 0 Å². The summed E-state index contributed by atoms with van der Waals surface area (Å²) in [6, 6.07) is 5.17. The predicted molar refractivity (Wildman–Crippen MR) is 122 cm³/mol. The number of carbonyl (C=O) groups excluding carboxylic acids is 1. The minimum absolute atomic E-state index is 0.0907. The van der Waals surface area contributed by atoms with E-state index in [0.29, 0.717) is 17.1 Å². The van der Waals surface area contributed by atoms with Crippen LogP contribution in [0.2, 0.25) is 0 Å². The van der Waals surface area contributed by atoms with Crippen molar-refractivity contribution in [3.8, 4) is 5.88 Å². The second-order valence-electron chi connectivity index (χ2n) is 9.24. The number of alkyl carbamates (subject to hydrolysis) is 1. The van der Waals surface area contributed by atoms with Gasteiger partial charge in [0.05, 0.1) is 24.1 Å². The highest BCUT2D eigenvalue weighted by Crippen LogP contribution is 2.39. The summed E-state index contributed by atoms with van der Waals surface area (Å²) in [7, 11) is 0. The van der Waals surface area contributed by atoms with E-state index in [1.54, 1.807) is 13.3 Å². The Morgan fingerprint density at radius 2 is 2.18 bits per heavy atom. The molecule has 3 aromatic rings. The van der Waals surface area contributed by atoms with Gasteiger partial charge < -0.3 is 24.7 Å². The molecular weight excluding hydrogens is 427 g/mol. The van der Waals surface area contributed by atoms with Gasteiger partial charge in [0, 0.05) is 17.6 Å². The van der Waals surface area contributed by atoms with E-state index in [4.69, 9.17) is 9.47 Å². The SMILES string of the molecule is C[C@H](COc1ncc(F)cc1[C@H]1CCCN1c1ccc2[nH]cnc2n1)OC(=O)NC(C)(C)C. The molecule has 4 rings (SSSR count). The van der Waals surface area contributed by atoms with E-state index in [9.17, 15) is 9.18 Å². The van der Waals surface area contributed by atoms with E-state index in [0.717, 1.165) is 36.9 Å². The Morgan fingerprint density at radius 1 is 1.36 bits per heavy atom. The van der Waals surface area contributed by atoms with Gasteiger partial charge in [0.15, 0.2) is 5.65 Å². The van der Waals surface area contributed by atoms with Crippen LogP contribution in [-0.4, -0.2) is 50.8 Å². The van der Waals surface area contributed by atoms with Gasteiger partial charge in [0.25, 0.3) is 0 Å². The summed E-state index contributed by atoms with van der Waals surface area (Å²) in [5.74, 6) is 0.650. The minimum Gasteiger partial charge on any atom is -0.473 e. The van der Waals surface area contributed by atoms with Crippen molar-refractivity contribution in [3.05, 3.63) is 42.1 Å². The first kappa shape index (κ1) is 22.8. The number of aromatic amines is 1. The Bertz CT molecular complexity index is 1130. The normalized spacial score (nSPS) is 17.2. The number of aromatic nitrogens is 4. The van der Waals surface area contributed by atoms with Crippen LogP contribution in [0.5, 0.6) is 5.88 Å². The van der Waals surface area contributed by atoms with E-state index in [-0.39, 0.29) is 12.6 Å². The number of rotatable bonds is 6. The summed E-state index contributed by atoms with van der Waals surface area (Å²) in [6.07, 6.45) is 3.43. The largest absolute Gasteiger partial charge is 0.473 e. The van der Waals surface area contributed by atoms with Gasteiger partial charge in [-0.15, -0.1) is 0 Å². The molecule has 4 heterocycles. The molecule has 0 spiro atoms. The zero-order valence-corrected chi connectivity index (χ0v) is 19.3. The topological polar surface area (TPSA) is 105 Å². The molecule has 2 N–H and O–H groups in total. The number of amides is 1. The molecule has 0 bridgehead atoms. The lowest BCUT2D eigenvalue weighted by molar-refractivity contribution is 0.0689. The first-order chi connectivity index (χ1) is 15.7. The third-order valence-electron chi connectivity index (χ3n) is 5.26. The quantitative estimate of drug-likeness (QED) is 0.575. The van der Waals surface area contributed by atoms with Gasteiger partial charge in [0.2, 0.25) is 5.88 Å². The van der Waals surface area contributed by atoms with Crippen molar-refractivity contribution in [2.75, 3.05) is 18.1 Å². The van der Waals surface area contributed by atoms with Crippen molar-refractivity contribution >= 4 is 23.1 Å². The number of H-pyrrole nitrogens is 1. The molecule has 1 aliphatic rings. The fraction of sp³-hybridized carbons (Fsp3) is 0.478. The van der Waals surface area contributed by atoms with Gasteiger partial charge in [0.1, 0.15) is 24.3 Å². The molecule has 1 aliphatic heterocycles. The van der Waals surface area contributed by atoms with Crippen molar-refractivity contribution in [1.29, 1.82) is 0 Å². The summed E-state index contributed by atoms with van der Waals surface area (Å²) >= 11 is 0. The number of fused-ring (bicyclic) bond motifs is 1. The van der Waals surface area contributed by atoms with Crippen LogP contribution in [0.4, 0.5) is 15.0 Å². The lowest BCUT2D eigenvalue weighted by Crippen LogP contribution is -2.42. The van der Waals surface area contributed by atoms with Crippen LogP contribution in [0, 0.1) is 5.82 Å². The van der Waals surface area contributed by atoms with E-state index in [2.05, 4.69) is 30.2 Å². The van der Waals surface area contributed by atoms with Crippen molar-refractivity contribution in [2.24, 2.45) is 0 Å². The standard InChI is InChI=1S/C23H29FN6O3/c1-14(33-22(31)29-23(2,3)4)12-32-21-16(10-15(24)11-25-21)18-6-5-9-30(18)19-8-7-17-20(28-19)27-13-26-17/h7-8,10-11,13-14,18H,5-6,9,12H2,1-4H3,(H,29,31)(H,26,27,28)/t14-,18-/m1/s1. The molecule has 3 aromatic heterocycles. The molecule has 33 heavy (non-hydrogen) atoms. The Kier molecular flexibility index (Phi) is 6.35. The van der Waals surface area contributed by atoms with Crippen LogP contribution in [0.25, 0.3) is 11.2 Å². The first-order valence-corrected chi connectivity index (χ1v) is 11.0. The van der Waals surface area contributed by atoms with Crippen molar-refractivity contribution < 1.29 is 18.7 Å². The highest BCUT2D eigenvalue weighted by molar-refractivity contribution is 5.72. The monoisotopic (exact) mass is 456 g/mol. The maximum atomic E-state index is 14.2. The maximum Gasteiger partial charge on any atom is 0.407 e. The summed E-state index contributed by atoms with van der Waals surface area (Å²) < 4.78 is 25.4. The smallest absolute Gasteiger partial charge is 0.407 e. The molecule has 0 radical (unpaired) electrons. The molecule has 10 heteroatoms. The zero-order valence-electron chi connectivity index (χ0n) is 19.3. The van der Waals surface area contributed by atoms with Gasteiger partial charge >= 0.3 is 6.09 Å². The van der Waals surface area contributed by atoms with Gasteiger partial charge in [-0.2, -0.15) is 0 Å². The molecule has 1 fully saturated rings. The minimum atomic E-state index is -0.521. The van der Waals surface area contributed by atoms with Crippen LogP contribution in [0.3, 0.4) is 0 Å². The van der Waals surface area contributed by atoms with Crippen molar-refractivity contribution in [2.45, 2.75) is 58.2 Å². The van der Waals surface area contributed by atoms with Crippen LogP contribution < -0.4 is 15.0 Å². The highest BCUT2D eigenvalue weighted by Gasteiger charge is 2.31. The Balaban J connectivity index is 1.49. The van der Waals surface area contributed by atoms with E-state index in [1.807, 2.05) is 32.9 Å². The van der Waals surface area contributed by atoms with E-state index >= 15 is 0 Å². The molecular formula is C23H29FN6O3. The van der Waals surface area contributed by atoms with Gasteiger partial charge in [-0.05, 0) is 58.7 Å². The van der Waals surface area contributed by atoms with Crippen molar-refractivity contribution in [1.82, 2.24) is 25.3 Å². The second-order valence-corrected chi connectivity index (χ2v) is 9.24. The fourth-order valence-electron chi connectivity index (χ4n) is 3.89. The molecule has 1 amide bonds. The van der Waals surface area contributed by atoms with Gasteiger partial charge in [-0.3, -0.25) is 0 Å². The lowest BCUT2D eigenvalue weighted by atomic mass is 10.1. The molecule has 9 nitrogen and oxygen atoms in total. The van der Waals surface area contributed by atoms with Crippen LogP contribution in [0.1, 0.15) is 52.1 Å². The highest BCUT2D eigenvalue weighted by atomic mass is 19.1. The number of nitrogens with one attached hydrogen (secondary N) is 2. The summed E-state index contributed by atoms with van der Waals surface area (Å²) in [6.45, 7) is 8.21. The fourth-order valence-corrected chi connectivity index (χ4v) is 3.89. The van der Waals surface area contributed by atoms with Crippen LogP contribution in [-0.2, 0) is 4.74 Å². The number of nitrogens with zero attached hydrogens (tertiary/aromatic N) is 4. The zero-order chi connectivity index (χ0) is 23.6. The molecule has 176 valence electrons. The number of carbonyl (C=O) groups is 1. The number of hydrogen-bond donors (Lipinski definition) is 2. The number of halogens is 1. The first-order valence-electron chi connectivity index (χ1n) is 11.0. The number of hydrogen-bond acceptors (Lipinski definition) is 7. The third-order valence-corrected chi connectivity index (χ3v) is 5.26. The number of anilines is 1. The van der Waals surface area contributed by atoms with Crippen LogP contribution in [0.15, 0.2) is 30.7 Å².